The molecule has 9 N–H and O–H groups in total. The zero-order chi connectivity index (χ0) is 14.8. The van der Waals surface area contributed by atoms with E-state index in [0.29, 0.717) is 16.9 Å². The zero-order valence-corrected chi connectivity index (χ0v) is 11.2. The Bertz CT molecular complexity index is 563. The number of hydrogen-bond donors (Lipinski definition) is 5. The van der Waals surface area contributed by atoms with Crippen LogP contribution in [0.25, 0.3) is 0 Å². The zero-order valence-electron chi connectivity index (χ0n) is 11.2. The van der Waals surface area contributed by atoms with E-state index < -0.39 is 11.6 Å². The lowest BCUT2D eigenvalue weighted by Gasteiger charge is -2.32. The van der Waals surface area contributed by atoms with Crippen molar-refractivity contribution in [3.63, 3.8) is 0 Å². The molecular weight excluding hydrogens is 252 g/mol. The van der Waals surface area contributed by atoms with E-state index in [1.54, 1.807) is 36.4 Å². The van der Waals surface area contributed by atoms with Crippen molar-refractivity contribution in [1.82, 2.24) is 0 Å². The second kappa shape index (κ2) is 5.50. The van der Waals surface area contributed by atoms with Crippen molar-refractivity contribution in [2.45, 2.75) is 11.6 Å². The topological polar surface area (TPSA) is 124 Å². The van der Waals surface area contributed by atoms with E-state index in [1.165, 1.54) is 0 Å². The maximum Gasteiger partial charge on any atom is 0.147 e. The van der Waals surface area contributed by atoms with Crippen LogP contribution in [0.5, 0.6) is 0 Å². The molecule has 0 spiro atoms. The van der Waals surface area contributed by atoms with Gasteiger partial charge in [0.1, 0.15) is 5.72 Å². The average Bonchev–Trinajstić information content (AvgIpc) is 2.42. The molecule has 2 unspecified atom stereocenters. The Labute approximate surface area is 118 Å². The smallest absolute Gasteiger partial charge is 0.147 e. The van der Waals surface area contributed by atoms with Crippen molar-refractivity contribution in [3.05, 3.63) is 59.7 Å². The largest absolute Gasteiger partial charge is 0.399 e. The van der Waals surface area contributed by atoms with Crippen LogP contribution >= 0.6 is 0 Å². The highest BCUT2D eigenvalue weighted by molar-refractivity contribution is 5.44. The molecule has 0 aliphatic carbocycles. The van der Waals surface area contributed by atoms with Gasteiger partial charge in [-0.15, -0.1) is 0 Å². The summed E-state index contributed by atoms with van der Waals surface area (Å²) in [5, 5.41) is 10.7. The summed E-state index contributed by atoms with van der Waals surface area (Å²) in [6.45, 7) is 0.210. The number of benzene rings is 2. The molecule has 0 radical (unpaired) electrons. The molecule has 2 atom stereocenters. The van der Waals surface area contributed by atoms with Crippen LogP contribution < -0.4 is 22.9 Å². The number of nitrogen functional groups attached to an aromatic ring is 2. The maximum atomic E-state index is 10.7. The van der Waals surface area contributed by atoms with Gasteiger partial charge < -0.3 is 22.3 Å². The molecule has 0 fully saturated rings. The van der Waals surface area contributed by atoms with Crippen LogP contribution in [0.1, 0.15) is 17.0 Å². The van der Waals surface area contributed by atoms with Crippen LogP contribution in [0.2, 0.25) is 0 Å². The molecule has 0 aliphatic heterocycles. The normalized spacial score (nSPS) is 15.6. The van der Waals surface area contributed by atoms with E-state index in [1.807, 2.05) is 12.1 Å². The first-order chi connectivity index (χ1) is 9.45. The van der Waals surface area contributed by atoms with Gasteiger partial charge in [0.25, 0.3) is 0 Å². The highest BCUT2D eigenvalue weighted by Crippen LogP contribution is 2.32. The summed E-state index contributed by atoms with van der Waals surface area (Å²) in [6, 6.07) is 14.0. The second-order valence-electron chi connectivity index (χ2n) is 4.90. The fraction of sp³-hybridized carbons (Fsp3) is 0.200. The highest BCUT2D eigenvalue weighted by atomic mass is 16.3. The highest BCUT2D eigenvalue weighted by Gasteiger charge is 2.34. The molecule has 20 heavy (non-hydrogen) atoms. The lowest BCUT2D eigenvalue weighted by atomic mass is 9.84. The lowest BCUT2D eigenvalue weighted by Crippen LogP contribution is -2.45. The van der Waals surface area contributed by atoms with Crippen LogP contribution in [0.15, 0.2) is 48.5 Å². The first-order valence-corrected chi connectivity index (χ1v) is 6.38. The minimum atomic E-state index is -1.57. The summed E-state index contributed by atoms with van der Waals surface area (Å²) < 4.78 is 0. The number of nitrogens with two attached hydrogens (primary N) is 4. The van der Waals surface area contributed by atoms with E-state index in [2.05, 4.69) is 0 Å². The van der Waals surface area contributed by atoms with Crippen molar-refractivity contribution in [3.8, 4) is 0 Å². The summed E-state index contributed by atoms with van der Waals surface area (Å²) in [5.74, 6) is -0.438. The first kappa shape index (κ1) is 14.3. The van der Waals surface area contributed by atoms with E-state index in [9.17, 15) is 5.11 Å². The van der Waals surface area contributed by atoms with Crippen molar-refractivity contribution in [1.29, 1.82) is 0 Å². The molecular formula is C15H20N4O. The average molecular weight is 272 g/mol. The summed E-state index contributed by atoms with van der Waals surface area (Å²) >= 11 is 0. The Hall–Kier alpha value is -2.08. The van der Waals surface area contributed by atoms with Gasteiger partial charge in [0, 0.05) is 23.8 Å². The third kappa shape index (κ3) is 2.75. The Morgan fingerprint density at radius 3 is 1.80 bits per heavy atom. The Kier molecular flexibility index (Phi) is 3.94. The van der Waals surface area contributed by atoms with Gasteiger partial charge in [0.05, 0.1) is 0 Å². The van der Waals surface area contributed by atoms with Gasteiger partial charge in [-0.1, -0.05) is 24.3 Å². The number of anilines is 2. The van der Waals surface area contributed by atoms with E-state index in [0.717, 1.165) is 5.56 Å². The predicted octanol–water partition coefficient (Wildman–Crippen LogP) is 0.697. The molecule has 0 aromatic heterocycles. The summed E-state index contributed by atoms with van der Waals surface area (Å²) in [4.78, 5) is 0. The summed E-state index contributed by atoms with van der Waals surface area (Å²) in [5.41, 5.74) is 24.3. The molecule has 0 heterocycles. The SMILES string of the molecule is NCC(c1ccc(N)cc1)C(N)(O)c1ccc(N)cc1. The van der Waals surface area contributed by atoms with Gasteiger partial charge in [0.2, 0.25) is 0 Å². The number of hydrogen-bond acceptors (Lipinski definition) is 5. The van der Waals surface area contributed by atoms with Crippen LogP contribution in [0.3, 0.4) is 0 Å². The van der Waals surface area contributed by atoms with Crippen LogP contribution in [-0.2, 0) is 5.72 Å². The molecule has 2 aromatic rings. The monoisotopic (exact) mass is 272 g/mol. The molecule has 5 heteroatoms. The summed E-state index contributed by atoms with van der Waals surface area (Å²) in [6.07, 6.45) is 0. The minimum Gasteiger partial charge on any atom is -0.399 e. The van der Waals surface area contributed by atoms with Gasteiger partial charge in [-0.2, -0.15) is 0 Å². The number of rotatable bonds is 4. The van der Waals surface area contributed by atoms with Gasteiger partial charge >= 0.3 is 0 Å². The van der Waals surface area contributed by atoms with E-state index in [4.69, 9.17) is 22.9 Å². The maximum absolute atomic E-state index is 10.7. The second-order valence-corrected chi connectivity index (χ2v) is 4.90. The molecule has 0 amide bonds. The van der Waals surface area contributed by atoms with Crippen LogP contribution in [0, 0.1) is 0 Å². The summed E-state index contributed by atoms with van der Waals surface area (Å²) in [7, 11) is 0. The molecule has 0 saturated heterocycles. The van der Waals surface area contributed by atoms with Crippen LogP contribution in [-0.4, -0.2) is 11.7 Å². The molecule has 0 aliphatic rings. The molecule has 106 valence electrons. The standard InChI is InChI=1S/C15H20N4O/c16-9-14(10-1-5-12(17)6-2-10)15(19,20)11-3-7-13(18)8-4-11/h1-8,14,20H,9,16-19H2. The fourth-order valence-electron chi connectivity index (χ4n) is 2.25. The van der Waals surface area contributed by atoms with E-state index >= 15 is 0 Å². The molecule has 2 aromatic carbocycles. The predicted molar refractivity (Wildman–Crippen MR) is 81.6 cm³/mol. The van der Waals surface area contributed by atoms with Gasteiger partial charge in [-0.25, -0.2) is 0 Å². The van der Waals surface area contributed by atoms with Crippen molar-refractivity contribution < 1.29 is 5.11 Å². The Morgan fingerprint density at radius 2 is 1.35 bits per heavy atom. The van der Waals surface area contributed by atoms with Gasteiger partial charge in [-0.3, -0.25) is 5.73 Å². The van der Waals surface area contributed by atoms with E-state index in [-0.39, 0.29) is 6.54 Å². The van der Waals surface area contributed by atoms with Gasteiger partial charge in [0.15, 0.2) is 0 Å². The third-order valence-corrected chi connectivity index (χ3v) is 3.48. The Balaban J connectivity index is 2.38. The van der Waals surface area contributed by atoms with Crippen LogP contribution in [0.4, 0.5) is 11.4 Å². The quantitative estimate of drug-likeness (QED) is 0.414. The molecule has 0 bridgehead atoms. The minimum absolute atomic E-state index is 0.210. The molecule has 2 rings (SSSR count). The lowest BCUT2D eigenvalue weighted by molar-refractivity contribution is 0.0160. The third-order valence-electron chi connectivity index (χ3n) is 3.48. The van der Waals surface area contributed by atoms with Gasteiger partial charge in [-0.05, 0) is 35.4 Å². The van der Waals surface area contributed by atoms with Crippen molar-refractivity contribution in [2.75, 3.05) is 18.0 Å². The molecule has 0 saturated carbocycles. The Morgan fingerprint density at radius 1 is 0.900 bits per heavy atom. The van der Waals surface area contributed by atoms with Crippen molar-refractivity contribution in [2.24, 2.45) is 11.5 Å². The van der Waals surface area contributed by atoms with Crippen molar-refractivity contribution >= 4 is 11.4 Å². The molecule has 5 nitrogen and oxygen atoms in total. The first-order valence-electron chi connectivity index (χ1n) is 6.38. The number of aliphatic hydroxyl groups is 1. The fourth-order valence-corrected chi connectivity index (χ4v) is 2.25.